The Morgan fingerprint density at radius 2 is 2.07 bits per heavy atom. The van der Waals surface area contributed by atoms with Gasteiger partial charge < -0.3 is 10.1 Å². The fourth-order valence-corrected chi connectivity index (χ4v) is 1.46. The molecule has 0 saturated heterocycles. The molecule has 0 bridgehead atoms. The summed E-state index contributed by atoms with van der Waals surface area (Å²) in [7, 11) is 0. The molecule has 0 unspecified atom stereocenters. The standard InChI is InChI=1S/C12H18ClNO/c1-2-14-9-5-6-10-15-12-8-4-3-7-11(12)13/h3-4,7-8,14H,2,5-6,9-10H2,1H3. The summed E-state index contributed by atoms with van der Waals surface area (Å²) in [6.07, 6.45) is 2.19. The molecule has 1 N–H and O–H groups in total. The van der Waals surface area contributed by atoms with Crippen molar-refractivity contribution < 1.29 is 4.74 Å². The zero-order valence-corrected chi connectivity index (χ0v) is 9.89. The SMILES string of the molecule is CCNCCCCOc1ccccc1Cl. The van der Waals surface area contributed by atoms with Gasteiger partial charge in [0.1, 0.15) is 5.75 Å². The van der Waals surface area contributed by atoms with Gasteiger partial charge in [0.15, 0.2) is 0 Å². The van der Waals surface area contributed by atoms with Gasteiger partial charge in [-0.1, -0.05) is 30.7 Å². The lowest BCUT2D eigenvalue weighted by Gasteiger charge is -2.07. The van der Waals surface area contributed by atoms with Crippen LogP contribution in [0.25, 0.3) is 0 Å². The zero-order chi connectivity index (χ0) is 10.9. The summed E-state index contributed by atoms with van der Waals surface area (Å²) < 4.78 is 5.56. The first-order valence-electron chi connectivity index (χ1n) is 5.42. The minimum Gasteiger partial charge on any atom is -0.492 e. The predicted molar refractivity (Wildman–Crippen MR) is 64.7 cm³/mol. The van der Waals surface area contributed by atoms with Crippen molar-refractivity contribution >= 4 is 11.6 Å². The van der Waals surface area contributed by atoms with Crippen LogP contribution in [-0.4, -0.2) is 19.7 Å². The molecule has 0 atom stereocenters. The van der Waals surface area contributed by atoms with Crippen LogP contribution in [0.1, 0.15) is 19.8 Å². The molecule has 84 valence electrons. The van der Waals surface area contributed by atoms with Gasteiger partial charge in [-0.15, -0.1) is 0 Å². The lowest BCUT2D eigenvalue weighted by molar-refractivity contribution is 0.306. The van der Waals surface area contributed by atoms with Crippen LogP contribution in [0.3, 0.4) is 0 Å². The van der Waals surface area contributed by atoms with Gasteiger partial charge in [-0.25, -0.2) is 0 Å². The number of halogens is 1. The molecule has 1 rings (SSSR count). The molecule has 1 aromatic rings. The smallest absolute Gasteiger partial charge is 0.137 e. The first-order chi connectivity index (χ1) is 7.34. The summed E-state index contributed by atoms with van der Waals surface area (Å²) in [5.74, 6) is 0.780. The third-order valence-corrected chi connectivity index (χ3v) is 2.40. The molecule has 0 aliphatic heterocycles. The number of hydrogen-bond donors (Lipinski definition) is 1. The van der Waals surface area contributed by atoms with Crippen molar-refractivity contribution in [3.8, 4) is 5.75 Å². The van der Waals surface area contributed by atoms with Crippen LogP contribution in [0.2, 0.25) is 5.02 Å². The van der Waals surface area contributed by atoms with E-state index in [2.05, 4.69) is 12.2 Å². The largest absolute Gasteiger partial charge is 0.492 e. The Bertz CT molecular complexity index is 278. The molecule has 0 aromatic heterocycles. The molecule has 2 nitrogen and oxygen atoms in total. The Morgan fingerprint density at radius 3 is 2.80 bits per heavy atom. The summed E-state index contributed by atoms with van der Waals surface area (Å²) >= 11 is 5.95. The molecular formula is C12H18ClNO. The van der Waals surface area contributed by atoms with Crippen LogP contribution in [-0.2, 0) is 0 Å². The monoisotopic (exact) mass is 227 g/mol. The quantitative estimate of drug-likeness (QED) is 0.723. The van der Waals surface area contributed by atoms with Crippen LogP contribution in [0.15, 0.2) is 24.3 Å². The van der Waals surface area contributed by atoms with Crippen molar-refractivity contribution in [1.82, 2.24) is 5.32 Å². The Kier molecular flexibility index (Phi) is 6.21. The lowest BCUT2D eigenvalue weighted by Crippen LogP contribution is -2.14. The topological polar surface area (TPSA) is 21.3 Å². The minimum absolute atomic E-state index is 0.684. The second-order valence-electron chi connectivity index (χ2n) is 3.34. The first kappa shape index (κ1) is 12.3. The first-order valence-corrected chi connectivity index (χ1v) is 5.80. The van der Waals surface area contributed by atoms with Crippen molar-refractivity contribution in [2.45, 2.75) is 19.8 Å². The molecule has 3 heteroatoms. The fraction of sp³-hybridized carbons (Fsp3) is 0.500. The van der Waals surface area contributed by atoms with Crippen LogP contribution >= 0.6 is 11.6 Å². The molecule has 15 heavy (non-hydrogen) atoms. The van der Waals surface area contributed by atoms with Gasteiger partial charge in [0.05, 0.1) is 11.6 Å². The van der Waals surface area contributed by atoms with E-state index in [4.69, 9.17) is 16.3 Å². The van der Waals surface area contributed by atoms with E-state index >= 15 is 0 Å². The number of para-hydroxylation sites is 1. The maximum atomic E-state index is 5.95. The summed E-state index contributed by atoms with van der Waals surface area (Å²) in [5.41, 5.74) is 0. The molecule has 0 heterocycles. The van der Waals surface area contributed by atoms with E-state index in [0.29, 0.717) is 5.02 Å². The van der Waals surface area contributed by atoms with Gasteiger partial charge in [0, 0.05) is 0 Å². The van der Waals surface area contributed by atoms with Crippen molar-refractivity contribution in [3.05, 3.63) is 29.3 Å². The van der Waals surface area contributed by atoms with Crippen LogP contribution in [0.4, 0.5) is 0 Å². The lowest BCUT2D eigenvalue weighted by atomic mass is 10.3. The highest BCUT2D eigenvalue weighted by Crippen LogP contribution is 2.23. The number of ether oxygens (including phenoxy) is 1. The van der Waals surface area contributed by atoms with E-state index in [0.717, 1.165) is 38.3 Å². The van der Waals surface area contributed by atoms with Gasteiger partial charge >= 0.3 is 0 Å². The van der Waals surface area contributed by atoms with E-state index in [1.165, 1.54) is 0 Å². The second kappa shape index (κ2) is 7.55. The Balaban J connectivity index is 2.12. The number of nitrogens with one attached hydrogen (secondary N) is 1. The van der Waals surface area contributed by atoms with Crippen LogP contribution in [0, 0.1) is 0 Å². The van der Waals surface area contributed by atoms with E-state index in [1.807, 2.05) is 24.3 Å². The molecule has 0 radical (unpaired) electrons. The molecule has 0 aliphatic rings. The molecule has 0 spiro atoms. The number of hydrogen-bond acceptors (Lipinski definition) is 2. The molecular weight excluding hydrogens is 210 g/mol. The van der Waals surface area contributed by atoms with Crippen molar-refractivity contribution in [2.24, 2.45) is 0 Å². The van der Waals surface area contributed by atoms with E-state index < -0.39 is 0 Å². The van der Waals surface area contributed by atoms with Crippen LogP contribution < -0.4 is 10.1 Å². The van der Waals surface area contributed by atoms with Gasteiger partial charge in [0.25, 0.3) is 0 Å². The van der Waals surface area contributed by atoms with E-state index in [-0.39, 0.29) is 0 Å². The minimum atomic E-state index is 0.684. The third kappa shape index (κ3) is 5.05. The number of unbranched alkanes of at least 4 members (excludes halogenated alkanes) is 1. The van der Waals surface area contributed by atoms with Crippen LogP contribution in [0.5, 0.6) is 5.75 Å². The Hall–Kier alpha value is -0.730. The van der Waals surface area contributed by atoms with Gasteiger partial charge in [0.2, 0.25) is 0 Å². The highest BCUT2D eigenvalue weighted by Gasteiger charge is 1.98. The Labute approximate surface area is 96.6 Å². The van der Waals surface area contributed by atoms with E-state index in [9.17, 15) is 0 Å². The Morgan fingerprint density at radius 1 is 1.27 bits per heavy atom. The fourth-order valence-electron chi connectivity index (χ4n) is 1.27. The average Bonchev–Trinajstić information content (AvgIpc) is 2.25. The molecule has 1 aromatic carbocycles. The summed E-state index contributed by atoms with van der Waals surface area (Å²) in [6.45, 7) is 4.93. The van der Waals surface area contributed by atoms with E-state index in [1.54, 1.807) is 0 Å². The maximum absolute atomic E-state index is 5.95. The highest BCUT2D eigenvalue weighted by atomic mass is 35.5. The summed E-state index contributed by atoms with van der Waals surface area (Å²) in [6, 6.07) is 7.57. The maximum Gasteiger partial charge on any atom is 0.137 e. The summed E-state index contributed by atoms with van der Waals surface area (Å²) in [5, 5.41) is 3.96. The van der Waals surface area contributed by atoms with Crippen molar-refractivity contribution in [3.63, 3.8) is 0 Å². The highest BCUT2D eigenvalue weighted by molar-refractivity contribution is 6.32. The third-order valence-electron chi connectivity index (χ3n) is 2.09. The summed E-state index contributed by atoms with van der Waals surface area (Å²) in [4.78, 5) is 0. The number of benzene rings is 1. The molecule has 0 saturated carbocycles. The number of rotatable bonds is 7. The normalized spacial score (nSPS) is 10.3. The van der Waals surface area contributed by atoms with Crippen molar-refractivity contribution in [2.75, 3.05) is 19.7 Å². The van der Waals surface area contributed by atoms with Crippen molar-refractivity contribution in [1.29, 1.82) is 0 Å². The molecule has 0 fully saturated rings. The molecule has 0 aliphatic carbocycles. The van der Waals surface area contributed by atoms with Gasteiger partial charge in [-0.2, -0.15) is 0 Å². The molecule has 0 amide bonds. The average molecular weight is 228 g/mol. The zero-order valence-electron chi connectivity index (χ0n) is 9.13. The van der Waals surface area contributed by atoms with Gasteiger partial charge in [-0.05, 0) is 38.1 Å². The van der Waals surface area contributed by atoms with Gasteiger partial charge in [-0.3, -0.25) is 0 Å². The predicted octanol–water partition coefficient (Wildman–Crippen LogP) is 3.11. The second-order valence-corrected chi connectivity index (χ2v) is 3.75.